The highest BCUT2D eigenvalue weighted by Crippen LogP contribution is 2.22. The first-order valence-corrected chi connectivity index (χ1v) is 9.38. The van der Waals surface area contributed by atoms with Crippen molar-refractivity contribution in [3.05, 3.63) is 29.7 Å². The molecule has 0 radical (unpaired) electrons. The molecule has 1 fully saturated rings. The first-order valence-electron chi connectivity index (χ1n) is 8.50. The van der Waals surface area contributed by atoms with Crippen molar-refractivity contribution in [1.82, 2.24) is 25.0 Å². The predicted molar refractivity (Wildman–Crippen MR) is 98.6 cm³/mol. The molecular formula is C16H25N7S. The van der Waals surface area contributed by atoms with Crippen LogP contribution < -0.4 is 10.2 Å². The Labute approximate surface area is 147 Å². The van der Waals surface area contributed by atoms with Gasteiger partial charge in [-0.3, -0.25) is 0 Å². The Bertz CT molecular complexity index is 641. The Morgan fingerprint density at radius 2 is 2.12 bits per heavy atom. The molecule has 1 aliphatic rings. The average Bonchev–Trinajstić information content (AvgIpc) is 3.30. The average molecular weight is 347 g/mol. The van der Waals surface area contributed by atoms with Gasteiger partial charge in [0.25, 0.3) is 0 Å². The second-order valence-corrected chi connectivity index (χ2v) is 6.55. The molecule has 0 aromatic carbocycles. The molecule has 0 aliphatic carbocycles. The minimum absolute atomic E-state index is 0.557. The van der Waals surface area contributed by atoms with E-state index < -0.39 is 0 Å². The summed E-state index contributed by atoms with van der Waals surface area (Å²) >= 11 is 1.81. The van der Waals surface area contributed by atoms with Gasteiger partial charge in [0.15, 0.2) is 11.8 Å². The number of rotatable bonds is 5. The zero-order chi connectivity index (χ0) is 16.8. The van der Waals surface area contributed by atoms with Gasteiger partial charge in [0, 0.05) is 39.3 Å². The van der Waals surface area contributed by atoms with Gasteiger partial charge < -0.3 is 19.7 Å². The standard InChI is InChI=1S/C16H25N7S/c1-3-17-16(18-12-14-20-19-13-21(14)4-2)23-9-7-22(8-10-23)15-6-5-11-24-15/h5-6,11,13H,3-4,7-10,12H2,1-2H3,(H,17,18). The lowest BCUT2D eigenvalue weighted by atomic mass is 10.3. The Balaban J connectivity index is 1.62. The topological polar surface area (TPSA) is 61.6 Å². The molecule has 0 atom stereocenters. The van der Waals surface area contributed by atoms with Crippen molar-refractivity contribution in [3.63, 3.8) is 0 Å². The van der Waals surface area contributed by atoms with Crippen molar-refractivity contribution in [2.75, 3.05) is 37.6 Å². The number of anilines is 1. The maximum absolute atomic E-state index is 4.77. The van der Waals surface area contributed by atoms with Crippen LogP contribution in [0, 0.1) is 0 Å². The molecule has 24 heavy (non-hydrogen) atoms. The Morgan fingerprint density at radius 1 is 1.29 bits per heavy atom. The van der Waals surface area contributed by atoms with E-state index in [1.54, 1.807) is 17.7 Å². The third-order valence-corrected chi connectivity index (χ3v) is 5.07. The van der Waals surface area contributed by atoms with Crippen LogP contribution >= 0.6 is 11.3 Å². The van der Waals surface area contributed by atoms with Gasteiger partial charge in [-0.05, 0) is 31.4 Å². The molecule has 1 N–H and O–H groups in total. The van der Waals surface area contributed by atoms with Crippen molar-refractivity contribution in [2.45, 2.75) is 26.9 Å². The van der Waals surface area contributed by atoms with E-state index in [0.29, 0.717) is 6.54 Å². The normalized spacial score (nSPS) is 15.8. The van der Waals surface area contributed by atoms with E-state index in [-0.39, 0.29) is 0 Å². The summed E-state index contributed by atoms with van der Waals surface area (Å²) in [7, 11) is 0. The summed E-state index contributed by atoms with van der Waals surface area (Å²) in [6.07, 6.45) is 1.76. The molecule has 0 amide bonds. The highest BCUT2D eigenvalue weighted by atomic mass is 32.1. The van der Waals surface area contributed by atoms with Crippen molar-refractivity contribution in [3.8, 4) is 0 Å². The summed E-state index contributed by atoms with van der Waals surface area (Å²) in [5.74, 6) is 1.87. The monoisotopic (exact) mass is 347 g/mol. The van der Waals surface area contributed by atoms with E-state index >= 15 is 0 Å². The number of nitrogens with one attached hydrogen (secondary N) is 1. The van der Waals surface area contributed by atoms with Crippen LogP contribution in [0.4, 0.5) is 5.00 Å². The number of nitrogens with zero attached hydrogens (tertiary/aromatic N) is 6. The minimum Gasteiger partial charge on any atom is -0.360 e. The molecule has 3 heterocycles. The maximum atomic E-state index is 4.77. The summed E-state index contributed by atoms with van der Waals surface area (Å²) in [5, 5.41) is 15.0. The highest BCUT2D eigenvalue weighted by Gasteiger charge is 2.20. The Hall–Kier alpha value is -2.09. The number of thiophene rings is 1. The second kappa shape index (κ2) is 8.14. The number of aromatic nitrogens is 3. The lowest BCUT2D eigenvalue weighted by Gasteiger charge is -2.37. The zero-order valence-electron chi connectivity index (χ0n) is 14.4. The van der Waals surface area contributed by atoms with Crippen LogP contribution in [0.3, 0.4) is 0 Å². The van der Waals surface area contributed by atoms with Crippen LogP contribution in [0.1, 0.15) is 19.7 Å². The van der Waals surface area contributed by atoms with Gasteiger partial charge in [0.1, 0.15) is 12.9 Å². The van der Waals surface area contributed by atoms with Crippen LogP contribution in [0.15, 0.2) is 28.8 Å². The fourth-order valence-corrected chi connectivity index (χ4v) is 3.61. The summed E-state index contributed by atoms with van der Waals surface area (Å²) in [6, 6.07) is 4.30. The van der Waals surface area contributed by atoms with Crippen LogP contribution in [-0.2, 0) is 13.1 Å². The van der Waals surface area contributed by atoms with E-state index in [1.807, 2.05) is 4.57 Å². The number of aliphatic imine (C=N–C) groups is 1. The maximum Gasteiger partial charge on any atom is 0.194 e. The summed E-state index contributed by atoms with van der Waals surface area (Å²) in [6.45, 7) is 10.5. The first kappa shape index (κ1) is 16.8. The van der Waals surface area contributed by atoms with Crippen LogP contribution in [0.5, 0.6) is 0 Å². The van der Waals surface area contributed by atoms with E-state index in [4.69, 9.17) is 4.99 Å². The molecule has 0 bridgehead atoms. The van der Waals surface area contributed by atoms with Crippen LogP contribution in [-0.4, -0.2) is 58.3 Å². The van der Waals surface area contributed by atoms with Gasteiger partial charge in [-0.15, -0.1) is 21.5 Å². The number of piperazine rings is 1. The molecule has 2 aromatic rings. The van der Waals surface area contributed by atoms with Crippen molar-refractivity contribution >= 4 is 22.3 Å². The lowest BCUT2D eigenvalue weighted by molar-refractivity contribution is 0.373. The zero-order valence-corrected chi connectivity index (χ0v) is 15.2. The van der Waals surface area contributed by atoms with E-state index in [1.165, 1.54) is 5.00 Å². The van der Waals surface area contributed by atoms with E-state index in [0.717, 1.165) is 51.1 Å². The van der Waals surface area contributed by atoms with Crippen LogP contribution in [0.25, 0.3) is 0 Å². The summed E-state index contributed by atoms with van der Waals surface area (Å²) in [4.78, 5) is 9.54. The minimum atomic E-state index is 0.557. The van der Waals surface area contributed by atoms with Gasteiger partial charge in [-0.2, -0.15) is 0 Å². The molecular weight excluding hydrogens is 322 g/mol. The third-order valence-electron chi connectivity index (χ3n) is 4.14. The van der Waals surface area contributed by atoms with E-state index in [2.05, 4.69) is 56.7 Å². The molecule has 1 aliphatic heterocycles. The largest absolute Gasteiger partial charge is 0.360 e. The number of hydrogen-bond donors (Lipinski definition) is 1. The van der Waals surface area contributed by atoms with Gasteiger partial charge in [0.05, 0.1) is 5.00 Å². The van der Waals surface area contributed by atoms with Crippen molar-refractivity contribution in [2.24, 2.45) is 4.99 Å². The number of guanidine groups is 1. The number of aryl methyl sites for hydroxylation is 1. The van der Waals surface area contributed by atoms with Crippen molar-refractivity contribution < 1.29 is 0 Å². The van der Waals surface area contributed by atoms with Gasteiger partial charge >= 0.3 is 0 Å². The van der Waals surface area contributed by atoms with E-state index in [9.17, 15) is 0 Å². The number of hydrogen-bond acceptors (Lipinski definition) is 5. The summed E-state index contributed by atoms with van der Waals surface area (Å²) in [5.41, 5.74) is 0. The first-order chi connectivity index (χ1) is 11.8. The van der Waals surface area contributed by atoms with Gasteiger partial charge in [0.2, 0.25) is 0 Å². The fraction of sp³-hybridized carbons (Fsp3) is 0.562. The molecule has 3 rings (SSSR count). The van der Waals surface area contributed by atoms with Crippen molar-refractivity contribution in [1.29, 1.82) is 0 Å². The predicted octanol–water partition coefficient (Wildman–Crippen LogP) is 1.65. The lowest BCUT2D eigenvalue weighted by Crippen LogP contribution is -2.52. The molecule has 0 saturated carbocycles. The quantitative estimate of drug-likeness (QED) is 0.658. The molecule has 0 spiro atoms. The smallest absolute Gasteiger partial charge is 0.194 e. The Morgan fingerprint density at radius 3 is 2.79 bits per heavy atom. The molecule has 130 valence electrons. The molecule has 0 unspecified atom stereocenters. The molecule has 1 saturated heterocycles. The molecule has 7 nitrogen and oxygen atoms in total. The summed E-state index contributed by atoms with van der Waals surface area (Å²) < 4.78 is 2.03. The molecule has 2 aromatic heterocycles. The third kappa shape index (κ3) is 3.87. The van der Waals surface area contributed by atoms with Gasteiger partial charge in [-0.25, -0.2) is 4.99 Å². The molecule has 8 heteroatoms. The second-order valence-electron chi connectivity index (χ2n) is 5.63. The highest BCUT2D eigenvalue weighted by molar-refractivity contribution is 7.14. The SMILES string of the molecule is CCNC(=NCc1nncn1CC)N1CCN(c2cccs2)CC1. The fourth-order valence-electron chi connectivity index (χ4n) is 2.83. The Kier molecular flexibility index (Phi) is 5.68. The van der Waals surface area contributed by atoms with Crippen LogP contribution in [0.2, 0.25) is 0 Å². The van der Waals surface area contributed by atoms with Gasteiger partial charge in [-0.1, -0.05) is 0 Å².